The number of rotatable bonds is 6. The molecule has 0 atom stereocenters. The van der Waals surface area contributed by atoms with Crippen LogP contribution in [0.5, 0.6) is 11.5 Å². The number of aryl methyl sites for hydroxylation is 1. The third-order valence-electron chi connectivity index (χ3n) is 3.69. The van der Waals surface area contributed by atoms with Crippen LogP contribution in [-0.2, 0) is 45.4 Å². The Balaban J connectivity index is 0.00000280. The molecule has 140 valence electrons. The summed E-state index contributed by atoms with van der Waals surface area (Å²) in [7, 11) is 0. The van der Waals surface area contributed by atoms with E-state index < -0.39 is 29.1 Å². The molecular formula is C21H15F4O2Y+2. The van der Waals surface area contributed by atoms with Crippen molar-refractivity contribution in [1.29, 1.82) is 0 Å². The number of ether oxygens (including phenoxy) is 2. The van der Waals surface area contributed by atoms with Gasteiger partial charge in [-0.1, -0.05) is 43.3 Å². The summed E-state index contributed by atoms with van der Waals surface area (Å²) in [4.78, 5) is 0. The van der Waals surface area contributed by atoms with Crippen LogP contribution in [0.4, 0.5) is 17.6 Å². The zero-order valence-corrected chi connectivity index (χ0v) is 17.7. The maximum Gasteiger partial charge on any atom is 3.00 e. The molecule has 7 heteroatoms. The minimum atomic E-state index is -3.98. The molecule has 0 spiro atoms. The molecule has 3 rings (SSSR count). The van der Waals surface area contributed by atoms with Crippen molar-refractivity contribution in [1.82, 2.24) is 0 Å². The Labute approximate surface area is 185 Å². The fourth-order valence-electron chi connectivity index (χ4n) is 2.46. The molecule has 0 radical (unpaired) electrons. The molecule has 2 nitrogen and oxygen atoms in total. The van der Waals surface area contributed by atoms with E-state index in [1.165, 1.54) is 19.1 Å². The molecule has 0 heterocycles. The molecule has 28 heavy (non-hydrogen) atoms. The number of halogens is 4. The van der Waals surface area contributed by atoms with Crippen molar-refractivity contribution >= 4 is 0 Å². The third kappa shape index (κ3) is 5.79. The second-order valence-electron chi connectivity index (χ2n) is 5.88. The first kappa shape index (κ1) is 22.4. The van der Waals surface area contributed by atoms with Crippen molar-refractivity contribution in [3.8, 4) is 11.5 Å². The molecule has 0 amide bonds. The van der Waals surface area contributed by atoms with Crippen molar-refractivity contribution in [3.05, 3.63) is 95.1 Å². The number of alkyl halides is 2. The predicted octanol–water partition coefficient (Wildman–Crippen LogP) is 5.78. The summed E-state index contributed by atoms with van der Waals surface area (Å²) < 4.78 is 66.1. The van der Waals surface area contributed by atoms with Crippen LogP contribution in [0.15, 0.2) is 60.7 Å². The molecule has 0 aromatic heterocycles. The van der Waals surface area contributed by atoms with Gasteiger partial charge in [-0.15, -0.1) is 12.1 Å². The second kappa shape index (κ2) is 9.52. The van der Waals surface area contributed by atoms with Gasteiger partial charge in [-0.25, -0.2) is 8.78 Å². The van der Waals surface area contributed by atoms with Crippen molar-refractivity contribution in [3.63, 3.8) is 0 Å². The maximum atomic E-state index is 14.3. The summed E-state index contributed by atoms with van der Waals surface area (Å²) >= 11 is 0. The minimum Gasteiger partial charge on any atom is -0.489 e. The summed E-state index contributed by atoms with van der Waals surface area (Å²) in [6.45, 7) is 1.65. The molecule has 0 fully saturated rings. The quantitative estimate of drug-likeness (QED) is 0.340. The number of hydrogen-bond acceptors (Lipinski definition) is 2. The molecule has 0 bridgehead atoms. The van der Waals surface area contributed by atoms with Crippen LogP contribution in [0.3, 0.4) is 0 Å². The minimum absolute atomic E-state index is 0. The Morgan fingerprint density at radius 1 is 0.929 bits per heavy atom. The van der Waals surface area contributed by atoms with Gasteiger partial charge in [0.25, 0.3) is 0 Å². The van der Waals surface area contributed by atoms with Gasteiger partial charge in [-0.05, 0) is 17.7 Å². The Kier molecular flexibility index (Phi) is 7.61. The van der Waals surface area contributed by atoms with Crippen molar-refractivity contribution in [2.45, 2.75) is 19.6 Å². The molecule has 0 N–H and O–H groups in total. The molecular weight excluding hydrogens is 449 g/mol. The van der Waals surface area contributed by atoms with Gasteiger partial charge in [0.1, 0.15) is 23.7 Å². The fraction of sp³-hybridized carbons (Fsp3) is 0.143. The van der Waals surface area contributed by atoms with Gasteiger partial charge in [0.15, 0.2) is 0 Å². The Morgan fingerprint density at radius 2 is 1.64 bits per heavy atom. The smallest absolute Gasteiger partial charge is 0.489 e. The van der Waals surface area contributed by atoms with Gasteiger partial charge in [0.05, 0.1) is 0 Å². The van der Waals surface area contributed by atoms with Gasteiger partial charge in [0.2, 0.25) is 0 Å². The molecule has 3 aromatic carbocycles. The van der Waals surface area contributed by atoms with Crippen molar-refractivity contribution < 1.29 is 59.7 Å². The van der Waals surface area contributed by atoms with Gasteiger partial charge < -0.3 is 9.47 Å². The Bertz CT molecular complexity index is 913. The third-order valence-corrected chi connectivity index (χ3v) is 3.69. The Morgan fingerprint density at radius 3 is 2.29 bits per heavy atom. The van der Waals surface area contributed by atoms with E-state index in [0.29, 0.717) is 0 Å². The predicted molar refractivity (Wildman–Crippen MR) is 91.7 cm³/mol. The monoisotopic (exact) mass is 464 g/mol. The topological polar surface area (TPSA) is 18.5 Å². The molecule has 0 unspecified atom stereocenters. The number of benzene rings is 3. The Hall–Kier alpha value is -1.92. The summed E-state index contributed by atoms with van der Waals surface area (Å²) in [5.74, 6) is -2.35. The van der Waals surface area contributed by atoms with Crippen LogP contribution in [0.1, 0.15) is 16.7 Å². The van der Waals surface area contributed by atoms with Gasteiger partial charge in [-0.3, -0.25) is 0 Å². The fourth-order valence-corrected chi connectivity index (χ4v) is 2.46. The summed E-state index contributed by atoms with van der Waals surface area (Å²) in [6.07, 6.45) is -3.98. The van der Waals surface area contributed by atoms with Crippen LogP contribution < -0.4 is 9.47 Å². The van der Waals surface area contributed by atoms with Crippen molar-refractivity contribution in [2.24, 2.45) is 0 Å². The van der Waals surface area contributed by atoms with Gasteiger partial charge in [-0.2, -0.15) is 14.3 Å². The molecule has 0 aliphatic carbocycles. The summed E-state index contributed by atoms with van der Waals surface area (Å²) in [6, 6.07) is 16.4. The van der Waals surface area contributed by atoms with Crippen LogP contribution in [0.2, 0.25) is 0 Å². The van der Waals surface area contributed by atoms with E-state index in [-0.39, 0.29) is 50.6 Å². The second-order valence-corrected chi connectivity index (χ2v) is 5.88. The average molecular weight is 464 g/mol. The molecule has 0 saturated heterocycles. The molecule has 3 aromatic rings. The van der Waals surface area contributed by atoms with E-state index in [9.17, 15) is 17.6 Å². The van der Waals surface area contributed by atoms with E-state index in [0.717, 1.165) is 23.8 Å². The SMILES string of the molecule is Cc1[c-]c(F)cc(OC(F)(F)c2ccc(OCc3ccccc3)cc2F)c1.[Y+3]. The molecule has 0 saturated carbocycles. The van der Waals surface area contributed by atoms with Crippen molar-refractivity contribution in [2.75, 3.05) is 0 Å². The first-order chi connectivity index (χ1) is 12.8. The van der Waals surface area contributed by atoms with Gasteiger partial charge in [0, 0.05) is 17.6 Å². The standard InChI is InChI=1S/C21H15F4O2.Y/c1-14-9-16(22)11-18(10-14)27-21(24,25)19-8-7-17(12-20(19)23)26-13-15-5-3-2-4-6-15;/h2-8,10-12H,13H2,1H3;/q-1;+3. The molecule has 0 aliphatic heterocycles. The number of hydrogen-bond donors (Lipinski definition) is 0. The summed E-state index contributed by atoms with van der Waals surface area (Å²) in [5.41, 5.74) is 0.167. The van der Waals surface area contributed by atoms with E-state index in [1.807, 2.05) is 30.3 Å². The van der Waals surface area contributed by atoms with Gasteiger partial charge >= 0.3 is 38.8 Å². The van der Waals surface area contributed by atoms with E-state index >= 15 is 0 Å². The zero-order chi connectivity index (χ0) is 19.4. The van der Waals surface area contributed by atoms with Crippen LogP contribution >= 0.6 is 0 Å². The van der Waals surface area contributed by atoms with E-state index in [1.54, 1.807) is 0 Å². The zero-order valence-electron chi connectivity index (χ0n) is 14.9. The maximum absolute atomic E-state index is 14.3. The first-order valence-corrected chi connectivity index (χ1v) is 8.06. The normalized spacial score (nSPS) is 10.9. The van der Waals surface area contributed by atoms with Crippen LogP contribution in [-0.4, -0.2) is 0 Å². The summed E-state index contributed by atoms with van der Waals surface area (Å²) in [5, 5.41) is 0. The largest absolute Gasteiger partial charge is 3.00 e. The van der Waals surface area contributed by atoms with Crippen LogP contribution in [0.25, 0.3) is 0 Å². The molecule has 0 aliphatic rings. The average Bonchev–Trinajstić information content (AvgIpc) is 2.59. The van der Waals surface area contributed by atoms with E-state index in [2.05, 4.69) is 10.8 Å². The van der Waals surface area contributed by atoms with Crippen LogP contribution in [0, 0.1) is 24.6 Å². The van der Waals surface area contributed by atoms with E-state index in [4.69, 9.17) is 4.74 Å². The first-order valence-electron chi connectivity index (χ1n) is 8.06.